The quantitative estimate of drug-likeness (QED) is 0.766. The van der Waals surface area contributed by atoms with Crippen LogP contribution in [0, 0.1) is 0 Å². The Kier molecular flexibility index (Phi) is 5.64. The first-order valence-corrected chi connectivity index (χ1v) is 8.78. The molecule has 1 aliphatic rings. The third kappa shape index (κ3) is 4.85. The summed E-state index contributed by atoms with van der Waals surface area (Å²) in [4.78, 5) is 23.6. The summed E-state index contributed by atoms with van der Waals surface area (Å²) in [5, 5.41) is 5.56. The average molecular weight is 375 g/mol. The molecule has 1 heterocycles. The number of amides is 1. The first-order valence-electron chi connectivity index (χ1n) is 6.76. The summed E-state index contributed by atoms with van der Waals surface area (Å²) in [6.07, 6.45) is -3.53. The van der Waals surface area contributed by atoms with Gasteiger partial charge in [-0.3, -0.25) is 0 Å². The van der Waals surface area contributed by atoms with Gasteiger partial charge in [-0.2, -0.15) is 0 Å². The number of hydrogen-bond acceptors (Lipinski definition) is 3. The molecule has 1 fully saturated rings. The monoisotopic (exact) mass is 375 g/mol. The van der Waals surface area contributed by atoms with Crippen LogP contribution in [0.2, 0.25) is 4.71 Å². The molecule has 1 radical (unpaired) electrons. The van der Waals surface area contributed by atoms with E-state index in [4.69, 9.17) is 0 Å². The van der Waals surface area contributed by atoms with E-state index in [1.165, 1.54) is 12.1 Å². The number of benzene rings is 1. The standard InChI is InChI=1S/C14H15AsF3N2O2/c16-14(17,18)10-3-1-2-9(6-10)13(22)20-8-12(21)15-11-4-5-19-7-11/h1-3,6,11,19H,4-5,7-8H2,(H,20,22)/t11-/m1/s1. The van der Waals surface area contributed by atoms with Crippen molar-refractivity contribution in [2.75, 3.05) is 19.6 Å². The molecule has 119 valence electrons. The zero-order valence-electron chi connectivity index (χ0n) is 11.6. The predicted molar refractivity (Wildman–Crippen MR) is 75.8 cm³/mol. The third-order valence-corrected chi connectivity index (χ3v) is 5.84. The van der Waals surface area contributed by atoms with Crippen molar-refractivity contribution in [1.82, 2.24) is 10.6 Å². The van der Waals surface area contributed by atoms with Gasteiger partial charge in [-0.1, -0.05) is 0 Å². The topological polar surface area (TPSA) is 58.2 Å². The Bertz CT molecular complexity index is 557. The zero-order valence-corrected chi connectivity index (χ0v) is 13.5. The Morgan fingerprint density at radius 1 is 1.36 bits per heavy atom. The second kappa shape index (κ2) is 7.29. The summed E-state index contributed by atoms with van der Waals surface area (Å²) < 4.78 is 38.1. The number of carbonyl (C=O) groups excluding carboxylic acids is 2. The number of hydrogen-bond donors (Lipinski definition) is 2. The molecule has 2 N–H and O–H groups in total. The van der Waals surface area contributed by atoms with Crippen LogP contribution in [0.5, 0.6) is 0 Å². The Morgan fingerprint density at radius 2 is 2.14 bits per heavy atom. The molecule has 1 aliphatic heterocycles. The molecule has 8 heteroatoms. The van der Waals surface area contributed by atoms with Crippen LogP contribution in [-0.4, -0.2) is 45.9 Å². The fourth-order valence-corrected chi connectivity index (χ4v) is 4.31. The second-order valence-electron chi connectivity index (χ2n) is 4.93. The number of alkyl halides is 3. The molecule has 0 aliphatic carbocycles. The Hall–Kier alpha value is -1.33. The molecule has 0 saturated carbocycles. The van der Waals surface area contributed by atoms with Crippen LogP contribution in [0.3, 0.4) is 0 Å². The van der Waals surface area contributed by atoms with Crippen molar-refractivity contribution in [2.45, 2.75) is 17.3 Å². The number of halogens is 3. The number of carbonyl (C=O) groups is 2. The zero-order chi connectivity index (χ0) is 16.2. The Balaban J connectivity index is 1.88. The minimum absolute atomic E-state index is 0.0229. The van der Waals surface area contributed by atoms with Crippen molar-refractivity contribution in [2.24, 2.45) is 0 Å². The van der Waals surface area contributed by atoms with Gasteiger partial charge in [0.15, 0.2) is 0 Å². The van der Waals surface area contributed by atoms with Crippen LogP contribution in [0.15, 0.2) is 24.3 Å². The van der Waals surface area contributed by atoms with Crippen LogP contribution in [0.4, 0.5) is 13.2 Å². The van der Waals surface area contributed by atoms with E-state index in [9.17, 15) is 22.8 Å². The summed E-state index contributed by atoms with van der Waals surface area (Å²) in [7, 11) is 0. The van der Waals surface area contributed by atoms with Gasteiger partial charge >= 0.3 is 132 Å². The van der Waals surface area contributed by atoms with Crippen LogP contribution < -0.4 is 10.6 Å². The maximum absolute atomic E-state index is 12.6. The van der Waals surface area contributed by atoms with Crippen LogP contribution >= 0.6 is 0 Å². The van der Waals surface area contributed by atoms with Crippen molar-refractivity contribution in [3.63, 3.8) is 0 Å². The van der Waals surface area contributed by atoms with Gasteiger partial charge in [-0.25, -0.2) is 0 Å². The van der Waals surface area contributed by atoms with Gasteiger partial charge in [-0.15, -0.1) is 0 Å². The summed E-state index contributed by atoms with van der Waals surface area (Å²) in [6, 6.07) is 4.16. The number of rotatable bonds is 5. The molecule has 0 bridgehead atoms. The van der Waals surface area contributed by atoms with Gasteiger partial charge in [-0.05, 0) is 0 Å². The molecule has 1 amide bonds. The van der Waals surface area contributed by atoms with Crippen LogP contribution in [0.1, 0.15) is 22.3 Å². The first-order chi connectivity index (χ1) is 10.4. The third-order valence-electron chi connectivity index (χ3n) is 3.21. The van der Waals surface area contributed by atoms with Gasteiger partial charge < -0.3 is 0 Å². The van der Waals surface area contributed by atoms with Crippen molar-refractivity contribution in [1.29, 1.82) is 0 Å². The Labute approximate surface area is 132 Å². The van der Waals surface area contributed by atoms with Gasteiger partial charge in [0.1, 0.15) is 0 Å². The van der Waals surface area contributed by atoms with E-state index in [0.717, 1.165) is 31.6 Å². The molecule has 22 heavy (non-hydrogen) atoms. The second-order valence-corrected chi connectivity index (χ2v) is 8.05. The predicted octanol–water partition coefficient (Wildman–Crippen LogP) is 1.45. The molecular weight excluding hydrogens is 360 g/mol. The van der Waals surface area contributed by atoms with E-state index < -0.39 is 33.4 Å². The Morgan fingerprint density at radius 3 is 2.77 bits per heavy atom. The first kappa shape index (κ1) is 17.0. The van der Waals surface area contributed by atoms with Crippen molar-refractivity contribution in [3.05, 3.63) is 35.4 Å². The summed E-state index contributed by atoms with van der Waals surface area (Å²) in [6.45, 7) is 1.61. The molecule has 1 aromatic carbocycles. The fourth-order valence-electron chi connectivity index (χ4n) is 2.09. The maximum atomic E-state index is 12.6. The van der Waals surface area contributed by atoms with E-state index in [-0.39, 0.29) is 16.7 Å². The normalized spacial score (nSPS) is 18.8. The molecule has 1 saturated heterocycles. The fraction of sp³-hybridized carbons (Fsp3) is 0.429. The van der Waals surface area contributed by atoms with Gasteiger partial charge in [0, 0.05) is 0 Å². The molecule has 1 aromatic rings. The molecule has 1 atom stereocenters. The van der Waals surface area contributed by atoms with Crippen LogP contribution in [-0.2, 0) is 11.0 Å². The molecule has 4 nitrogen and oxygen atoms in total. The van der Waals surface area contributed by atoms with Crippen molar-refractivity contribution in [3.8, 4) is 0 Å². The van der Waals surface area contributed by atoms with Crippen molar-refractivity contribution >= 4 is 26.2 Å². The molecule has 0 spiro atoms. The van der Waals surface area contributed by atoms with E-state index in [2.05, 4.69) is 10.6 Å². The minimum atomic E-state index is -4.49. The van der Waals surface area contributed by atoms with E-state index in [0.29, 0.717) is 4.71 Å². The average Bonchev–Trinajstić information content (AvgIpc) is 2.97. The van der Waals surface area contributed by atoms with Gasteiger partial charge in [0.25, 0.3) is 0 Å². The van der Waals surface area contributed by atoms with Crippen LogP contribution in [0.25, 0.3) is 0 Å². The summed E-state index contributed by atoms with van der Waals surface area (Å²) in [5.74, 6) is -0.662. The van der Waals surface area contributed by atoms with E-state index in [1.807, 2.05) is 0 Å². The van der Waals surface area contributed by atoms with Gasteiger partial charge in [0.2, 0.25) is 0 Å². The summed E-state index contributed by atoms with van der Waals surface area (Å²) >= 11 is -0.512. The molecule has 0 unspecified atom stereocenters. The molecule has 2 rings (SSSR count). The van der Waals surface area contributed by atoms with Crippen molar-refractivity contribution < 1.29 is 22.8 Å². The van der Waals surface area contributed by atoms with E-state index >= 15 is 0 Å². The number of nitrogens with one attached hydrogen (secondary N) is 2. The van der Waals surface area contributed by atoms with E-state index in [1.54, 1.807) is 0 Å². The summed E-state index contributed by atoms with van der Waals surface area (Å²) in [5.41, 5.74) is -0.976. The molecule has 0 aromatic heterocycles. The molecular formula is C14H15AsF3N2O2. The van der Waals surface area contributed by atoms with Gasteiger partial charge in [0.05, 0.1) is 0 Å². The SMILES string of the molecule is O=C(CNC(=O)c1cccc(C(F)(F)F)c1)[As][C@@H]1CCNC1.